The number of aromatic amines is 1. The van der Waals surface area contributed by atoms with Gasteiger partial charge in [0.15, 0.2) is 0 Å². The maximum absolute atomic E-state index is 12.8. The van der Waals surface area contributed by atoms with E-state index in [-0.39, 0.29) is 35.7 Å². The van der Waals surface area contributed by atoms with E-state index in [0.29, 0.717) is 18.1 Å². The van der Waals surface area contributed by atoms with Crippen LogP contribution in [0.5, 0.6) is 17.4 Å². The number of hydrogen-bond acceptors (Lipinski definition) is 7. The first kappa shape index (κ1) is 23.8. The monoisotopic (exact) mass is 478 g/mol. The van der Waals surface area contributed by atoms with Crippen LogP contribution in [-0.4, -0.2) is 45.0 Å². The molecule has 182 valence electrons. The number of aromatic nitrogens is 2. The van der Waals surface area contributed by atoms with Crippen molar-refractivity contribution < 1.29 is 19.4 Å². The van der Waals surface area contributed by atoms with Crippen molar-refractivity contribution in [2.75, 3.05) is 13.7 Å². The van der Waals surface area contributed by atoms with E-state index in [9.17, 15) is 19.5 Å². The number of nitrogens with zero attached hydrogens (tertiary/aromatic N) is 3. The number of hydrazone groups is 1. The number of benzene rings is 2. The molecule has 0 aliphatic carbocycles. The minimum absolute atomic E-state index is 0.167. The zero-order valence-electron chi connectivity index (χ0n) is 19.6. The fraction of sp³-hybridized carbons (Fsp3) is 0.280. The molecule has 1 atom stereocenters. The van der Waals surface area contributed by atoms with Crippen LogP contribution in [0.2, 0.25) is 0 Å². The van der Waals surface area contributed by atoms with Crippen molar-refractivity contribution in [3.05, 3.63) is 80.5 Å². The van der Waals surface area contributed by atoms with Crippen molar-refractivity contribution in [1.82, 2.24) is 14.6 Å². The number of methoxy groups -OCH3 is 1. The Morgan fingerprint density at radius 2 is 1.86 bits per heavy atom. The second-order valence-electron chi connectivity index (χ2n) is 7.83. The van der Waals surface area contributed by atoms with Gasteiger partial charge in [0, 0.05) is 12.8 Å². The highest BCUT2D eigenvalue weighted by molar-refractivity contribution is 6.04. The molecule has 0 saturated carbocycles. The fourth-order valence-corrected chi connectivity index (χ4v) is 4.09. The van der Waals surface area contributed by atoms with Gasteiger partial charge in [-0.15, -0.1) is 0 Å². The quantitative estimate of drug-likeness (QED) is 0.538. The topological polar surface area (TPSA) is 126 Å². The molecule has 1 aliphatic heterocycles. The summed E-state index contributed by atoms with van der Waals surface area (Å²) < 4.78 is 11.8. The summed E-state index contributed by atoms with van der Waals surface area (Å²) in [5, 5.41) is 16.8. The molecule has 0 radical (unpaired) electrons. The summed E-state index contributed by atoms with van der Waals surface area (Å²) in [4.78, 5) is 40.5. The Kier molecular flexibility index (Phi) is 6.72. The highest BCUT2D eigenvalue weighted by Crippen LogP contribution is 2.35. The van der Waals surface area contributed by atoms with E-state index in [4.69, 9.17) is 9.47 Å². The van der Waals surface area contributed by atoms with E-state index in [0.717, 1.165) is 10.1 Å². The zero-order chi connectivity index (χ0) is 25.1. The lowest BCUT2D eigenvalue weighted by molar-refractivity contribution is -0.132. The Labute approximate surface area is 201 Å². The number of rotatable bonds is 7. The van der Waals surface area contributed by atoms with Crippen LogP contribution in [0.25, 0.3) is 5.69 Å². The molecule has 2 heterocycles. The summed E-state index contributed by atoms with van der Waals surface area (Å²) in [5.41, 5.74) is -0.579. The van der Waals surface area contributed by atoms with Crippen molar-refractivity contribution in [2.24, 2.45) is 5.10 Å². The van der Waals surface area contributed by atoms with Crippen molar-refractivity contribution in [3.8, 4) is 23.1 Å². The lowest BCUT2D eigenvalue weighted by Gasteiger charge is -2.21. The molecule has 35 heavy (non-hydrogen) atoms. The first-order chi connectivity index (χ1) is 16.9. The first-order valence-corrected chi connectivity index (χ1v) is 11.2. The smallest absolute Gasteiger partial charge is 0.335 e. The zero-order valence-corrected chi connectivity index (χ0v) is 19.6. The highest BCUT2D eigenvalue weighted by atomic mass is 16.5. The van der Waals surface area contributed by atoms with Crippen LogP contribution in [0.1, 0.15) is 43.9 Å². The molecular weight excluding hydrogens is 452 g/mol. The second-order valence-corrected chi connectivity index (χ2v) is 7.83. The van der Waals surface area contributed by atoms with E-state index in [1.54, 1.807) is 43.3 Å². The van der Waals surface area contributed by atoms with Crippen LogP contribution in [0.4, 0.5) is 0 Å². The summed E-state index contributed by atoms with van der Waals surface area (Å²) in [7, 11) is 1.43. The number of ether oxygens (including phenoxy) is 2. The van der Waals surface area contributed by atoms with Gasteiger partial charge in [0.2, 0.25) is 11.8 Å². The van der Waals surface area contributed by atoms with Crippen molar-refractivity contribution >= 4 is 11.6 Å². The summed E-state index contributed by atoms with van der Waals surface area (Å²) in [5.74, 6) is 0.194. The molecule has 1 aromatic heterocycles. The van der Waals surface area contributed by atoms with Gasteiger partial charge < -0.3 is 14.6 Å². The second kappa shape index (κ2) is 9.88. The molecular formula is C25H26N4O6. The van der Waals surface area contributed by atoms with Crippen LogP contribution < -0.4 is 20.7 Å². The number of carbonyl (C=O) groups excluding carboxylic acids is 1. The molecule has 4 rings (SSSR count). The predicted octanol–water partition coefficient (Wildman–Crippen LogP) is 2.73. The minimum Gasteiger partial charge on any atom is -0.495 e. The van der Waals surface area contributed by atoms with E-state index >= 15 is 0 Å². The third-order valence-corrected chi connectivity index (χ3v) is 5.74. The molecule has 2 N–H and O–H groups in total. The van der Waals surface area contributed by atoms with Gasteiger partial charge in [-0.3, -0.25) is 14.6 Å². The Morgan fingerprint density at radius 3 is 2.51 bits per heavy atom. The van der Waals surface area contributed by atoms with Gasteiger partial charge in [0.1, 0.15) is 17.1 Å². The van der Waals surface area contributed by atoms with E-state index in [2.05, 4.69) is 10.1 Å². The molecule has 10 heteroatoms. The van der Waals surface area contributed by atoms with Gasteiger partial charge in [0.05, 0.1) is 31.2 Å². The number of H-pyrrole nitrogens is 1. The van der Waals surface area contributed by atoms with Gasteiger partial charge in [-0.05, 0) is 36.8 Å². The molecule has 1 aliphatic rings. The number of nitrogens with one attached hydrogen (secondary N) is 1. The first-order valence-electron chi connectivity index (χ1n) is 11.2. The average Bonchev–Trinajstić information content (AvgIpc) is 3.29. The van der Waals surface area contributed by atoms with Gasteiger partial charge in [-0.2, -0.15) is 5.10 Å². The third kappa shape index (κ3) is 4.42. The Bertz CT molecular complexity index is 1390. The number of aromatic hydroxyl groups is 1. The Morgan fingerprint density at radius 1 is 1.14 bits per heavy atom. The summed E-state index contributed by atoms with van der Waals surface area (Å²) in [6.45, 7) is 4.14. The van der Waals surface area contributed by atoms with Gasteiger partial charge in [-0.1, -0.05) is 31.2 Å². The molecule has 0 bridgehead atoms. The maximum Gasteiger partial charge on any atom is 0.335 e. The SMILES string of the molecule is CCOc1ccc(C2CC(c3c(O)n(-c4ccccc4OC)c(=O)[nH]c3=O)=NN2C(=O)CC)cc1. The highest BCUT2D eigenvalue weighted by Gasteiger charge is 2.35. The number of amides is 1. The molecule has 1 unspecified atom stereocenters. The standard InChI is InChI=1S/C25H26N4O6/c1-4-21(30)29-19(15-10-12-16(13-11-15)35-5-2)14-17(27-29)22-23(31)26-25(33)28(24(22)32)18-8-6-7-9-20(18)34-3/h6-13,19,32H,4-5,14H2,1-3H3,(H,26,31,33). The number of carbonyl (C=O) groups is 1. The molecule has 0 spiro atoms. The lowest BCUT2D eigenvalue weighted by atomic mass is 9.99. The molecule has 1 amide bonds. The van der Waals surface area contributed by atoms with E-state index in [1.165, 1.54) is 12.1 Å². The Balaban J connectivity index is 1.81. The van der Waals surface area contributed by atoms with Gasteiger partial charge in [0.25, 0.3) is 5.56 Å². The summed E-state index contributed by atoms with van der Waals surface area (Å²) in [6, 6.07) is 13.4. The van der Waals surface area contributed by atoms with Crippen molar-refractivity contribution in [2.45, 2.75) is 32.7 Å². The number of hydrogen-bond donors (Lipinski definition) is 2. The molecule has 10 nitrogen and oxygen atoms in total. The predicted molar refractivity (Wildman–Crippen MR) is 130 cm³/mol. The van der Waals surface area contributed by atoms with E-state index in [1.807, 2.05) is 19.1 Å². The third-order valence-electron chi connectivity index (χ3n) is 5.74. The largest absolute Gasteiger partial charge is 0.495 e. The Hall–Kier alpha value is -4.34. The molecule has 0 fully saturated rings. The average molecular weight is 479 g/mol. The van der Waals surface area contributed by atoms with Gasteiger partial charge >= 0.3 is 5.69 Å². The normalized spacial score (nSPS) is 15.1. The number of para-hydroxylation sites is 2. The molecule has 2 aromatic carbocycles. The fourth-order valence-electron chi connectivity index (χ4n) is 4.09. The van der Waals surface area contributed by atoms with Crippen LogP contribution in [0.15, 0.2) is 63.2 Å². The summed E-state index contributed by atoms with van der Waals surface area (Å²) >= 11 is 0. The maximum atomic E-state index is 12.8. The molecule has 3 aromatic rings. The van der Waals surface area contributed by atoms with Gasteiger partial charge in [-0.25, -0.2) is 14.4 Å². The lowest BCUT2D eigenvalue weighted by Crippen LogP contribution is -2.33. The van der Waals surface area contributed by atoms with Crippen LogP contribution in [-0.2, 0) is 4.79 Å². The molecule has 0 saturated heterocycles. The summed E-state index contributed by atoms with van der Waals surface area (Å²) in [6.07, 6.45) is 0.369. The van der Waals surface area contributed by atoms with Crippen LogP contribution >= 0.6 is 0 Å². The van der Waals surface area contributed by atoms with E-state index < -0.39 is 23.2 Å². The minimum atomic E-state index is -0.830. The van der Waals surface area contributed by atoms with Crippen LogP contribution in [0, 0.1) is 0 Å². The van der Waals surface area contributed by atoms with Crippen LogP contribution in [0.3, 0.4) is 0 Å². The van der Waals surface area contributed by atoms with Crippen molar-refractivity contribution in [3.63, 3.8) is 0 Å². The van der Waals surface area contributed by atoms with Crippen molar-refractivity contribution in [1.29, 1.82) is 0 Å².